The lowest BCUT2D eigenvalue weighted by Crippen LogP contribution is -2.31. The first-order valence-corrected chi connectivity index (χ1v) is 7.69. The van der Waals surface area contributed by atoms with Gasteiger partial charge in [-0.15, -0.1) is 0 Å². The Balaban J connectivity index is 2.16. The summed E-state index contributed by atoms with van der Waals surface area (Å²) in [5.74, 6) is 2.12. The summed E-state index contributed by atoms with van der Waals surface area (Å²) in [4.78, 5) is 0. The Bertz CT molecular complexity index is 482. The second kappa shape index (κ2) is 5.51. The molecule has 1 aliphatic heterocycles. The third-order valence-corrected chi connectivity index (χ3v) is 5.15. The van der Waals surface area contributed by atoms with Crippen molar-refractivity contribution in [2.75, 3.05) is 19.6 Å². The Morgan fingerprint density at radius 2 is 2.00 bits per heavy atom. The van der Waals surface area contributed by atoms with E-state index in [0.29, 0.717) is 5.75 Å². The molecule has 0 amide bonds. The van der Waals surface area contributed by atoms with Gasteiger partial charge in [-0.25, -0.2) is 0 Å². The van der Waals surface area contributed by atoms with Crippen molar-refractivity contribution in [2.24, 2.45) is 0 Å². The molecule has 0 fully saturated rings. The van der Waals surface area contributed by atoms with Crippen LogP contribution in [0.5, 0.6) is 11.5 Å². The molecule has 5 heteroatoms. The minimum Gasteiger partial charge on any atom is -0.454 e. The third-order valence-electron chi connectivity index (χ3n) is 3.15. The minimum absolute atomic E-state index is 0.0505. The molecule has 1 aromatic rings. The van der Waals surface area contributed by atoms with Crippen molar-refractivity contribution in [1.29, 1.82) is 0 Å². The molecule has 19 heavy (non-hydrogen) atoms. The number of hydrogen-bond acceptors (Lipinski definition) is 4. The van der Waals surface area contributed by atoms with E-state index in [1.54, 1.807) is 0 Å². The van der Waals surface area contributed by atoms with Crippen molar-refractivity contribution in [1.82, 2.24) is 5.32 Å². The topological polar surface area (TPSA) is 47.6 Å². The van der Waals surface area contributed by atoms with Gasteiger partial charge in [-0.3, -0.25) is 4.21 Å². The lowest BCUT2D eigenvalue weighted by atomic mass is 10.1. The van der Waals surface area contributed by atoms with Crippen LogP contribution >= 0.6 is 0 Å². The van der Waals surface area contributed by atoms with E-state index in [9.17, 15) is 4.21 Å². The standard InChI is InChI=1S/C14H21NO3S/c1-14(2,3)19(16)8-11(15-4)10-5-6-12-13(7-10)18-9-17-12/h5-7,11,15H,8-9H2,1-4H3. The summed E-state index contributed by atoms with van der Waals surface area (Å²) in [5, 5.41) is 3.22. The van der Waals surface area contributed by atoms with Crippen LogP contribution in [0.3, 0.4) is 0 Å². The highest BCUT2D eigenvalue weighted by Crippen LogP contribution is 2.34. The van der Waals surface area contributed by atoms with Crippen molar-refractivity contribution in [3.63, 3.8) is 0 Å². The zero-order chi connectivity index (χ0) is 14.0. The van der Waals surface area contributed by atoms with Crippen molar-refractivity contribution in [3.05, 3.63) is 23.8 Å². The molecule has 4 nitrogen and oxygen atoms in total. The number of ether oxygens (including phenoxy) is 2. The normalized spacial score (nSPS) is 17.3. The predicted molar refractivity (Wildman–Crippen MR) is 77.1 cm³/mol. The van der Waals surface area contributed by atoms with Crippen LogP contribution < -0.4 is 14.8 Å². The molecule has 0 saturated carbocycles. The summed E-state index contributed by atoms with van der Waals surface area (Å²) >= 11 is 0. The molecule has 2 rings (SSSR count). The molecule has 0 saturated heterocycles. The molecule has 1 aromatic carbocycles. The van der Waals surface area contributed by atoms with E-state index in [1.165, 1.54) is 0 Å². The Morgan fingerprint density at radius 1 is 1.32 bits per heavy atom. The average molecular weight is 283 g/mol. The quantitative estimate of drug-likeness (QED) is 0.920. The monoisotopic (exact) mass is 283 g/mol. The van der Waals surface area contributed by atoms with Crippen molar-refractivity contribution < 1.29 is 13.7 Å². The average Bonchev–Trinajstić information content (AvgIpc) is 2.81. The highest BCUT2D eigenvalue weighted by molar-refractivity contribution is 7.86. The van der Waals surface area contributed by atoms with Gasteiger partial charge >= 0.3 is 0 Å². The molecule has 2 unspecified atom stereocenters. The number of fused-ring (bicyclic) bond motifs is 1. The van der Waals surface area contributed by atoms with Crippen LogP contribution in [0.25, 0.3) is 0 Å². The molecule has 106 valence electrons. The second-order valence-electron chi connectivity index (χ2n) is 5.58. The van der Waals surface area contributed by atoms with Gasteiger partial charge in [-0.05, 0) is 45.5 Å². The lowest BCUT2D eigenvalue weighted by molar-refractivity contribution is 0.174. The summed E-state index contributed by atoms with van der Waals surface area (Å²) in [6.45, 7) is 6.26. The molecular formula is C14H21NO3S. The maximum absolute atomic E-state index is 12.3. The van der Waals surface area contributed by atoms with Gasteiger partial charge in [0.25, 0.3) is 0 Å². The van der Waals surface area contributed by atoms with Crippen molar-refractivity contribution in [2.45, 2.75) is 31.6 Å². The van der Waals surface area contributed by atoms with Gasteiger partial charge in [0.1, 0.15) is 0 Å². The fourth-order valence-electron chi connectivity index (χ4n) is 1.88. The fourth-order valence-corrected chi connectivity index (χ4v) is 3.04. The first kappa shape index (κ1) is 14.3. The SMILES string of the molecule is CNC(CS(=O)C(C)(C)C)c1ccc2c(c1)OCO2. The zero-order valence-electron chi connectivity index (χ0n) is 11.9. The fraction of sp³-hybridized carbons (Fsp3) is 0.571. The molecular weight excluding hydrogens is 262 g/mol. The maximum atomic E-state index is 12.3. The molecule has 1 heterocycles. The maximum Gasteiger partial charge on any atom is 0.231 e. The van der Waals surface area contributed by atoms with E-state index in [4.69, 9.17) is 9.47 Å². The van der Waals surface area contributed by atoms with E-state index >= 15 is 0 Å². The highest BCUT2D eigenvalue weighted by atomic mass is 32.2. The molecule has 1 N–H and O–H groups in total. The van der Waals surface area contributed by atoms with Crippen LogP contribution in [-0.2, 0) is 10.8 Å². The molecule has 0 aliphatic carbocycles. The number of rotatable bonds is 4. The van der Waals surface area contributed by atoms with Gasteiger partial charge in [0.2, 0.25) is 6.79 Å². The molecule has 0 radical (unpaired) electrons. The Hall–Kier alpha value is -1.07. The number of nitrogens with one attached hydrogen (secondary N) is 1. The van der Waals surface area contributed by atoms with Crippen molar-refractivity contribution in [3.8, 4) is 11.5 Å². The Kier molecular flexibility index (Phi) is 4.16. The van der Waals surface area contributed by atoms with Crippen LogP contribution in [0.2, 0.25) is 0 Å². The van der Waals surface area contributed by atoms with Crippen LogP contribution in [0.1, 0.15) is 32.4 Å². The van der Waals surface area contributed by atoms with Crippen LogP contribution in [0.15, 0.2) is 18.2 Å². The van der Waals surface area contributed by atoms with E-state index in [2.05, 4.69) is 5.32 Å². The summed E-state index contributed by atoms with van der Waals surface area (Å²) in [6.07, 6.45) is 0. The van der Waals surface area contributed by atoms with E-state index in [0.717, 1.165) is 17.1 Å². The Labute approximate surface area is 116 Å². The molecule has 0 aromatic heterocycles. The van der Waals surface area contributed by atoms with E-state index in [-0.39, 0.29) is 17.6 Å². The highest BCUT2D eigenvalue weighted by Gasteiger charge is 2.24. The van der Waals surface area contributed by atoms with Gasteiger partial charge in [-0.2, -0.15) is 0 Å². The lowest BCUT2D eigenvalue weighted by Gasteiger charge is -2.23. The van der Waals surface area contributed by atoms with Gasteiger partial charge < -0.3 is 14.8 Å². The number of benzene rings is 1. The van der Waals surface area contributed by atoms with Crippen LogP contribution in [0, 0.1) is 0 Å². The Morgan fingerprint density at radius 3 is 2.63 bits per heavy atom. The van der Waals surface area contributed by atoms with Gasteiger partial charge in [0.15, 0.2) is 11.5 Å². The summed E-state index contributed by atoms with van der Waals surface area (Å²) in [6, 6.07) is 5.91. The smallest absolute Gasteiger partial charge is 0.231 e. The first-order chi connectivity index (χ1) is 8.91. The summed E-state index contributed by atoms with van der Waals surface area (Å²) < 4.78 is 22.7. The second-order valence-corrected chi connectivity index (χ2v) is 7.83. The van der Waals surface area contributed by atoms with E-state index in [1.807, 2.05) is 46.0 Å². The van der Waals surface area contributed by atoms with Gasteiger partial charge in [0.05, 0.1) is 0 Å². The molecule has 0 spiro atoms. The predicted octanol–water partition coefficient (Wildman–Crippen LogP) is 2.22. The third kappa shape index (κ3) is 3.28. The molecule has 0 bridgehead atoms. The zero-order valence-corrected chi connectivity index (χ0v) is 12.7. The van der Waals surface area contributed by atoms with E-state index < -0.39 is 10.8 Å². The molecule has 2 atom stereocenters. The van der Waals surface area contributed by atoms with Crippen molar-refractivity contribution >= 4 is 10.8 Å². The van der Waals surface area contributed by atoms with Crippen LogP contribution in [0.4, 0.5) is 0 Å². The minimum atomic E-state index is -0.901. The summed E-state index contributed by atoms with van der Waals surface area (Å²) in [5.41, 5.74) is 1.07. The van der Waals surface area contributed by atoms with Crippen LogP contribution in [-0.4, -0.2) is 28.5 Å². The van der Waals surface area contributed by atoms with Gasteiger partial charge in [0, 0.05) is 27.3 Å². The van der Waals surface area contributed by atoms with Gasteiger partial charge in [-0.1, -0.05) is 6.07 Å². The summed E-state index contributed by atoms with van der Waals surface area (Å²) in [7, 11) is 0.983. The first-order valence-electron chi connectivity index (χ1n) is 6.37. The largest absolute Gasteiger partial charge is 0.454 e. The number of hydrogen-bond donors (Lipinski definition) is 1. The molecule has 1 aliphatic rings.